The summed E-state index contributed by atoms with van der Waals surface area (Å²) < 4.78 is 13.0. The number of nitrogen functional groups attached to an aromatic ring is 1. The maximum Gasteiger partial charge on any atom is 0.141 e. The number of nitrogens with two attached hydrogens (primary N) is 1. The van der Waals surface area contributed by atoms with Crippen LogP contribution < -0.4 is 5.73 Å². The summed E-state index contributed by atoms with van der Waals surface area (Å²) in [4.78, 5) is 8.02. The van der Waals surface area contributed by atoms with Crippen LogP contribution in [0.15, 0.2) is 24.5 Å². The van der Waals surface area contributed by atoms with E-state index < -0.39 is 5.82 Å². The van der Waals surface area contributed by atoms with E-state index in [9.17, 15) is 4.39 Å². The number of benzene rings is 1. The van der Waals surface area contributed by atoms with Crippen LogP contribution in [0.1, 0.15) is 5.69 Å². The van der Waals surface area contributed by atoms with Gasteiger partial charge < -0.3 is 5.73 Å². The molecular weight excluding hydrogens is 229 g/mol. The molecule has 0 unspecified atom stereocenters. The molecule has 0 aliphatic carbocycles. The fourth-order valence-corrected chi connectivity index (χ4v) is 1.54. The molecule has 82 valence electrons. The molecule has 1 aromatic carbocycles. The van der Waals surface area contributed by atoms with Crippen LogP contribution in [0, 0.1) is 12.7 Å². The lowest BCUT2D eigenvalue weighted by Gasteiger charge is -2.06. The van der Waals surface area contributed by atoms with Crippen LogP contribution in [0.25, 0.3) is 11.3 Å². The first-order chi connectivity index (χ1) is 7.59. The Kier molecular flexibility index (Phi) is 2.75. The van der Waals surface area contributed by atoms with Gasteiger partial charge in [0.25, 0.3) is 0 Å². The molecule has 3 nitrogen and oxygen atoms in total. The minimum Gasteiger partial charge on any atom is -0.395 e. The first-order valence-corrected chi connectivity index (χ1v) is 5.00. The second kappa shape index (κ2) is 4.06. The Morgan fingerprint density at radius 1 is 1.31 bits per heavy atom. The van der Waals surface area contributed by atoms with Crippen molar-refractivity contribution in [2.24, 2.45) is 0 Å². The number of aromatic nitrogens is 2. The SMILES string of the molecule is Cc1ncnc(-c2ccc(F)c(Cl)c2)c1N. The summed E-state index contributed by atoms with van der Waals surface area (Å²) in [6, 6.07) is 4.36. The molecule has 0 saturated heterocycles. The van der Waals surface area contributed by atoms with Crippen molar-refractivity contribution in [2.75, 3.05) is 5.73 Å². The van der Waals surface area contributed by atoms with E-state index in [2.05, 4.69) is 9.97 Å². The molecule has 0 fully saturated rings. The van der Waals surface area contributed by atoms with E-state index in [1.807, 2.05) is 0 Å². The van der Waals surface area contributed by atoms with E-state index in [1.54, 1.807) is 13.0 Å². The van der Waals surface area contributed by atoms with Gasteiger partial charge in [-0.15, -0.1) is 0 Å². The summed E-state index contributed by atoms with van der Waals surface area (Å²) in [7, 11) is 0. The van der Waals surface area contributed by atoms with Gasteiger partial charge in [0.1, 0.15) is 12.1 Å². The fraction of sp³-hybridized carbons (Fsp3) is 0.0909. The lowest BCUT2D eigenvalue weighted by molar-refractivity contribution is 0.628. The smallest absolute Gasteiger partial charge is 0.141 e. The Balaban J connectivity index is 2.59. The second-order valence-electron chi connectivity index (χ2n) is 3.35. The number of anilines is 1. The van der Waals surface area contributed by atoms with E-state index in [1.165, 1.54) is 18.5 Å². The molecule has 0 amide bonds. The normalized spacial score (nSPS) is 10.4. The number of rotatable bonds is 1. The first kappa shape index (κ1) is 10.8. The largest absolute Gasteiger partial charge is 0.395 e. The van der Waals surface area contributed by atoms with Crippen LogP contribution in [0.5, 0.6) is 0 Å². The standard InChI is InChI=1S/C11H9ClFN3/c1-6-10(14)11(16-5-15-6)7-2-3-9(13)8(12)4-7/h2-5H,14H2,1H3. The van der Waals surface area contributed by atoms with Crippen LogP contribution in [0.4, 0.5) is 10.1 Å². The predicted molar refractivity (Wildman–Crippen MR) is 61.6 cm³/mol. The van der Waals surface area contributed by atoms with Gasteiger partial charge in [0.2, 0.25) is 0 Å². The predicted octanol–water partition coefficient (Wildman–Crippen LogP) is 2.83. The zero-order valence-corrected chi connectivity index (χ0v) is 9.29. The third-order valence-electron chi connectivity index (χ3n) is 2.28. The molecule has 0 atom stereocenters. The lowest BCUT2D eigenvalue weighted by Crippen LogP contribution is -1.98. The van der Waals surface area contributed by atoms with Gasteiger partial charge in [-0.3, -0.25) is 0 Å². The molecule has 2 N–H and O–H groups in total. The number of aryl methyl sites for hydroxylation is 1. The summed E-state index contributed by atoms with van der Waals surface area (Å²) in [6.45, 7) is 1.78. The number of hydrogen-bond acceptors (Lipinski definition) is 3. The van der Waals surface area contributed by atoms with Gasteiger partial charge >= 0.3 is 0 Å². The quantitative estimate of drug-likeness (QED) is 0.830. The molecule has 0 aliphatic heterocycles. The lowest BCUT2D eigenvalue weighted by atomic mass is 10.1. The summed E-state index contributed by atoms with van der Waals surface area (Å²) in [6.07, 6.45) is 1.41. The monoisotopic (exact) mass is 237 g/mol. The van der Waals surface area contributed by atoms with Crippen LogP contribution >= 0.6 is 11.6 Å². The second-order valence-corrected chi connectivity index (χ2v) is 3.76. The van der Waals surface area contributed by atoms with Crippen molar-refractivity contribution in [3.05, 3.63) is 41.1 Å². The molecule has 1 heterocycles. The fourth-order valence-electron chi connectivity index (χ4n) is 1.36. The third-order valence-corrected chi connectivity index (χ3v) is 2.57. The van der Waals surface area contributed by atoms with Gasteiger partial charge in [-0.2, -0.15) is 0 Å². The molecule has 0 bridgehead atoms. The number of hydrogen-bond donors (Lipinski definition) is 1. The Morgan fingerprint density at radius 3 is 2.75 bits per heavy atom. The van der Waals surface area contributed by atoms with Gasteiger partial charge in [0.15, 0.2) is 0 Å². The first-order valence-electron chi connectivity index (χ1n) is 4.62. The summed E-state index contributed by atoms with van der Waals surface area (Å²) in [5.41, 5.74) is 8.24. The molecular formula is C11H9ClFN3. The van der Waals surface area contributed by atoms with Crippen molar-refractivity contribution in [3.8, 4) is 11.3 Å². The third kappa shape index (κ3) is 1.84. The summed E-state index contributed by atoms with van der Waals surface area (Å²) in [5, 5.41) is 0.0492. The number of halogens is 2. The molecule has 0 radical (unpaired) electrons. The van der Waals surface area contributed by atoms with Gasteiger partial charge in [-0.25, -0.2) is 14.4 Å². The van der Waals surface area contributed by atoms with Crippen LogP contribution in [-0.2, 0) is 0 Å². The number of nitrogens with zero attached hydrogens (tertiary/aromatic N) is 2. The van der Waals surface area contributed by atoms with Crippen molar-refractivity contribution < 1.29 is 4.39 Å². The highest BCUT2D eigenvalue weighted by Gasteiger charge is 2.09. The topological polar surface area (TPSA) is 51.8 Å². The maximum atomic E-state index is 13.0. The Bertz CT molecular complexity index is 543. The van der Waals surface area contributed by atoms with Crippen molar-refractivity contribution >= 4 is 17.3 Å². The summed E-state index contributed by atoms with van der Waals surface area (Å²) in [5.74, 6) is -0.463. The van der Waals surface area contributed by atoms with Gasteiger partial charge in [-0.1, -0.05) is 11.6 Å². The molecule has 1 aromatic heterocycles. The highest BCUT2D eigenvalue weighted by molar-refractivity contribution is 6.31. The average Bonchev–Trinajstić information content (AvgIpc) is 2.26. The molecule has 2 aromatic rings. The molecule has 0 aliphatic rings. The van der Waals surface area contributed by atoms with Crippen LogP contribution in [-0.4, -0.2) is 9.97 Å². The zero-order chi connectivity index (χ0) is 11.7. The highest BCUT2D eigenvalue weighted by atomic mass is 35.5. The van der Waals surface area contributed by atoms with Crippen LogP contribution in [0.3, 0.4) is 0 Å². The Hall–Kier alpha value is -1.68. The van der Waals surface area contributed by atoms with Crippen molar-refractivity contribution in [1.82, 2.24) is 9.97 Å². The maximum absolute atomic E-state index is 13.0. The zero-order valence-electron chi connectivity index (χ0n) is 8.54. The average molecular weight is 238 g/mol. The highest BCUT2D eigenvalue weighted by Crippen LogP contribution is 2.27. The molecule has 0 saturated carbocycles. The minimum absolute atomic E-state index is 0.0492. The molecule has 16 heavy (non-hydrogen) atoms. The molecule has 2 rings (SSSR count). The van der Waals surface area contributed by atoms with Gasteiger partial charge in [-0.05, 0) is 25.1 Å². The summed E-state index contributed by atoms with van der Waals surface area (Å²) >= 11 is 5.70. The van der Waals surface area contributed by atoms with E-state index in [0.29, 0.717) is 22.6 Å². The van der Waals surface area contributed by atoms with Crippen LogP contribution in [0.2, 0.25) is 5.02 Å². The van der Waals surface area contributed by atoms with Gasteiger partial charge in [0, 0.05) is 5.56 Å². The van der Waals surface area contributed by atoms with E-state index in [0.717, 1.165) is 0 Å². The van der Waals surface area contributed by atoms with E-state index >= 15 is 0 Å². The molecule has 5 heteroatoms. The minimum atomic E-state index is -0.463. The van der Waals surface area contributed by atoms with Crippen molar-refractivity contribution in [2.45, 2.75) is 6.92 Å². The van der Waals surface area contributed by atoms with E-state index in [4.69, 9.17) is 17.3 Å². The van der Waals surface area contributed by atoms with Crippen molar-refractivity contribution in [1.29, 1.82) is 0 Å². The molecule has 0 spiro atoms. The van der Waals surface area contributed by atoms with E-state index in [-0.39, 0.29) is 5.02 Å². The van der Waals surface area contributed by atoms with Gasteiger partial charge in [0.05, 0.1) is 22.1 Å². The Morgan fingerprint density at radius 2 is 2.06 bits per heavy atom. The van der Waals surface area contributed by atoms with Crippen molar-refractivity contribution in [3.63, 3.8) is 0 Å². The Labute approximate surface area is 97.1 Å².